The summed E-state index contributed by atoms with van der Waals surface area (Å²) in [7, 11) is 1.85. The first-order valence-electron chi connectivity index (χ1n) is 10.9. The van der Waals surface area contributed by atoms with Crippen LogP contribution in [0.25, 0.3) is 0 Å². The van der Waals surface area contributed by atoms with Crippen LogP contribution in [0.5, 0.6) is 0 Å². The van der Waals surface area contributed by atoms with Crippen LogP contribution in [-0.2, 0) is 11.8 Å². The van der Waals surface area contributed by atoms with E-state index in [-0.39, 0.29) is 29.5 Å². The van der Waals surface area contributed by atoms with Gasteiger partial charge in [0.05, 0.1) is 11.8 Å². The second-order valence-corrected chi connectivity index (χ2v) is 9.56. The molecular formula is C25H31N5O2S. The molecule has 0 saturated heterocycles. The summed E-state index contributed by atoms with van der Waals surface area (Å²) in [5, 5.41) is 15.3. The number of benzene rings is 2. The molecule has 7 nitrogen and oxygen atoms in total. The molecule has 0 aliphatic heterocycles. The molecule has 1 heterocycles. The highest BCUT2D eigenvalue weighted by molar-refractivity contribution is 7.99. The number of rotatable bonds is 8. The highest BCUT2D eigenvalue weighted by Crippen LogP contribution is 2.25. The van der Waals surface area contributed by atoms with Gasteiger partial charge in [-0.3, -0.25) is 9.59 Å². The number of aromatic nitrogens is 3. The average Bonchev–Trinajstić information content (AvgIpc) is 3.13. The summed E-state index contributed by atoms with van der Waals surface area (Å²) in [4.78, 5) is 25.3. The summed E-state index contributed by atoms with van der Waals surface area (Å²) in [6.07, 6.45) is 0. The molecule has 33 heavy (non-hydrogen) atoms. The fourth-order valence-electron chi connectivity index (χ4n) is 3.37. The summed E-state index contributed by atoms with van der Waals surface area (Å²) in [6.45, 7) is 10.00. The van der Waals surface area contributed by atoms with Crippen LogP contribution in [0.2, 0.25) is 0 Å². The van der Waals surface area contributed by atoms with Gasteiger partial charge >= 0.3 is 0 Å². The van der Waals surface area contributed by atoms with E-state index in [0.29, 0.717) is 16.5 Å². The zero-order valence-electron chi connectivity index (χ0n) is 20.0. The van der Waals surface area contributed by atoms with E-state index in [1.807, 2.05) is 88.7 Å². The number of nitrogens with zero attached hydrogens (tertiary/aromatic N) is 3. The summed E-state index contributed by atoms with van der Waals surface area (Å²) in [6, 6.07) is 13.1. The second kappa shape index (κ2) is 10.7. The van der Waals surface area contributed by atoms with Gasteiger partial charge in [0.1, 0.15) is 0 Å². The third kappa shape index (κ3) is 6.22. The highest BCUT2D eigenvalue weighted by atomic mass is 32.2. The first-order chi connectivity index (χ1) is 15.7. The van der Waals surface area contributed by atoms with E-state index in [1.54, 1.807) is 0 Å². The van der Waals surface area contributed by atoms with E-state index >= 15 is 0 Å². The fourth-order valence-corrected chi connectivity index (χ4v) is 4.09. The Morgan fingerprint density at radius 3 is 2.33 bits per heavy atom. The van der Waals surface area contributed by atoms with Crippen LogP contribution in [0.15, 0.2) is 47.6 Å². The molecular weight excluding hydrogens is 434 g/mol. The quantitative estimate of drug-likeness (QED) is 0.475. The Kier molecular flexibility index (Phi) is 7.92. The molecule has 1 aromatic heterocycles. The molecule has 2 amide bonds. The summed E-state index contributed by atoms with van der Waals surface area (Å²) < 4.78 is 1.84. The van der Waals surface area contributed by atoms with Crippen LogP contribution in [0.1, 0.15) is 52.8 Å². The lowest BCUT2D eigenvalue weighted by Crippen LogP contribution is -2.33. The third-order valence-electron chi connectivity index (χ3n) is 5.41. The molecule has 174 valence electrons. The monoisotopic (exact) mass is 465 g/mol. The van der Waals surface area contributed by atoms with Crippen molar-refractivity contribution in [1.29, 1.82) is 0 Å². The molecule has 1 atom stereocenters. The zero-order valence-corrected chi connectivity index (χ0v) is 20.8. The van der Waals surface area contributed by atoms with Crippen LogP contribution >= 0.6 is 11.8 Å². The van der Waals surface area contributed by atoms with Gasteiger partial charge in [0.2, 0.25) is 5.91 Å². The molecule has 0 aliphatic rings. The molecule has 0 spiro atoms. The number of hydrogen-bond acceptors (Lipinski definition) is 5. The maximum atomic E-state index is 12.8. The molecule has 3 aromatic rings. The second-order valence-electron chi connectivity index (χ2n) is 8.62. The van der Waals surface area contributed by atoms with Crippen molar-refractivity contribution in [3.05, 3.63) is 70.5 Å². The van der Waals surface area contributed by atoms with Crippen LogP contribution in [-0.4, -0.2) is 32.3 Å². The van der Waals surface area contributed by atoms with Crippen LogP contribution < -0.4 is 10.6 Å². The molecule has 0 fully saturated rings. The van der Waals surface area contributed by atoms with E-state index in [4.69, 9.17) is 0 Å². The number of carbonyl (C=O) groups excluding carboxylic acids is 2. The molecule has 3 rings (SSSR count). The Bertz CT molecular complexity index is 1140. The van der Waals surface area contributed by atoms with Gasteiger partial charge in [-0.15, -0.1) is 10.2 Å². The summed E-state index contributed by atoms with van der Waals surface area (Å²) in [5.74, 6) is 0.710. The first-order valence-corrected chi connectivity index (χ1v) is 11.9. The fraction of sp³-hybridized carbons (Fsp3) is 0.360. The Morgan fingerprint density at radius 1 is 1.00 bits per heavy atom. The average molecular weight is 466 g/mol. The number of aryl methyl sites for hydroxylation is 3. The van der Waals surface area contributed by atoms with Crippen molar-refractivity contribution >= 4 is 29.3 Å². The number of carbonyl (C=O) groups is 2. The molecule has 2 N–H and O–H groups in total. The van der Waals surface area contributed by atoms with Crippen molar-refractivity contribution in [1.82, 2.24) is 20.1 Å². The van der Waals surface area contributed by atoms with Crippen LogP contribution in [0, 0.1) is 26.7 Å². The van der Waals surface area contributed by atoms with E-state index < -0.39 is 0 Å². The summed E-state index contributed by atoms with van der Waals surface area (Å²) in [5.41, 5.74) is 4.63. The highest BCUT2D eigenvalue weighted by Gasteiger charge is 2.25. The Labute approximate surface area is 199 Å². The lowest BCUT2D eigenvalue weighted by molar-refractivity contribution is -0.113. The van der Waals surface area contributed by atoms with Gasteiger partial charge < -0.3 is 15.2 Å². The smallest absolute Gasteiger partial charge is 0.251 e. The van der Waals surface area contributed by atoms with Crippen molar-refractivity contribution in [3.8, 4) is 0 Å². The summed E-state index contributed by atoms with van der Waals surface area (Å²) >= 11 is 1.32. The van der Waals surface area contributed by atoms with Crippen LogP contribution in [0.4, 0.5) is 5.69 Å². The standard InChI is InChI=1S/C25H31N5O2S/c1-15(2)22(27-24(32)19-11-8-16(3)9-12-19)23-28-29-25(30(23)6)33-14-21(31)26-20-13-17(4)7-10-18(20)5/h7-13,15,22H,14H2,1-6H3,(H,26,31)(H,27,32)/t22-/m1/s1. The number of thioether (sulfide) groups is 1. The minimum atomic E-state index is -0.311. The SMILES string of the molecule is Cc1ccc(C(=O)N[C@@H](c2nnc(SCC(=O)Nc3cc(C)ccc3C)n2C)C(C)C)cc1. The van der Waals surface area contributed by atoms with Crippen LogP contribution in [0.3, 0.4) is 0 Å². The number of hydrogen-bond donors (Lipinski definition) is 2. The Balaban J connectivity index is 1.67. The van der Waals surface area contributed by atoms with Gasteiger partial charge in [0, 0.05) is 18.3 Å². The van der Waals surface area contributed by atoms with Crippen molar-refractivity contribution in [2.75, 3.05) is 11.1 Å². The molecule has 0 bridgehead atoms. The zero-order chi connectivity index (χ0) is 24.1. The Morgan fingerprint density at radius 2 is 1.67 bits per heavy atom. The minimum Gasteiger partial charge on any atom is -0.342 e. The molecule has 0 radical (unpaired) electrons. The van der Waals surface area contributed by atoms with Gasteiger partial charge in [-0.25, -0.2) is 0 Å². The van der Waals surface area contributed by atoms with Gasteiger partial charge in [0.15, 0.2) is 11.0 Å². The normalized spacial score (nSPS) is 12.0. The van der Waals surface area contributed by atoms with E-state index in [2.05, 4.69) is 20.8 Å². The Hall–Kier alpha value is -3.13. The number of nitrogens with one attached hydrogen (secondary N) is 2. The first kappa shape index (κ1) is 24.5. The minimum absolute atomic E-state index is 0.104. The van der Waals surface area contributed by atoms with E-state index in [0.717, 1.165) is 22.4 Å². The maximum Gasteiger partial charge on any atom is 0.251 e. The number of amides is 2. The van der Waals surface area contributed by atoms with E-state index in [9.17, 15) is 9.59 Å². The maximum absolute atomic E-state index is 12.8. The van der Waals surface area contributed by atoms with E-state index in [1.165, 1.54) is 11.8 Å². The van der Waals surface area contributed by atoms with Gasteiger partial charge in [-0.05, 0) is 56.0 Å². The molecule has 8 heteroatoms. The topological polar surface area (TPSA) is 88.9 Å². The van der Waals surface area contributed by atoms with Crippen molar-refractivity contribution < 1.29 is 9.59 Å². The molecule has 0 saturated carbocycles. The van der Waals surface area contributed by atoms with Crippen molar-refractivity contribution in [2.45, 2.75) is 45.8 Å². The lowest BCUT2D eigenvalue weighted by atomic mass is 10.0. The third-order valence-corrected chi connectivity index (χ3v) is 6.43. The van der Waals surface area contributed by atoms with Gasteiger partial charge in [-0.2, -0.15) is 0 Å². The van der Waals surface area contributed by atoms with Crippen molar-refractivity contribution in [2.24, 2.45) is 13.0 Å². The van der Waals surface area contributed by atoms with Crippen molar-refractivity contribution in [3.63, 3.8) is 0 Å². The number of anilines is 1. The largest absolute Gasteiger partial charge is 0.342 e. The van der Waals surface area contributed by atoms with Gasteiger partial charge in [0.25, 0.3) is 5.91 Å². The predicted molar refractivity (Wildman–Crippen MR) is 132 cm³/mol. The molecule has 2 aromatic carbocycles. The molecule has 0 unspecified atom stereocenters. The lowest BCUT2D eigenvalue weighted by Gasteiger charge is -2.21. The predicted octanol–water partition coefficient (Wildman–Crippen LogP) is 4.60. The van der Waals surface area contributed by atoms with Gasteiger partial charge in [-0.1, -0.05) is 55.4 Å². The molecule has 0 aliphatic carbocycles.